The maximum atomic E-state index is 4.65. The molecule has 7 nitrogen and oxygen atoms in total. The number of hydrogen-bond donors (Lipinski definition) is 0. The van der Waals surface area contributed by atoms with Gasteiger partial charge in [-0.15, -0.1) is 5.10 Å². The van der Waals surface area contributed by atoms with Crippen molar-refractivity contribution in [3.8, 4) is 0 Å². The van der Waals surface area contributed by atoms with Crippen molar-refractivity contribution >= 4 is 21.4 Å². The third-order valence-corrected chi connectivity index (χ3v) is 5.29. The van der Waals surface area contributed by atoms with Crippen molar-refractivity contribution < 1.29 is 0 Å². The van der Waals surface area contributed by atoms with Crippen LogP contribution in [-0.2, 0) is 13.1 Å². The van der Waals surface area contributed by atoms with E-state index in [-0.39, 0.29) is 0 Å². The van der Waals surface area contributed by atoms with Crippen molar-refractivity contribution in [1.29, 1.82) is 0 Å². The van der Waals surface area contributed by atoms with Gasteiger partial charge < -0.3 is 9.47 Å². The molecule has 0 spiro atoms. The van der Waals surface area contributed by atoms with Gasteiger partial charge in [-0.1, -0.05) is 11.3 Å². The maximum absolute atomic E-state index is 4.65. The number of imidazole rings is 2. The predicted octanol–water partition coefficient (Wildman–Crippen LogP) is 1.64. The Kier molecular flexibility index (Phi) is 3.78. The molecule has 122 valence electrons. The monoisotopic (exact) mass is 331 g/mol. The highest BCUT2D eigenvalue weighted by molar-refractivity contribution is 7.20. The molecule has 0 N–H and O–H groups in total. The van der Waals surface area contributed by atoms with Gasteiger partial charge >= 0.3 is 0 Å². The normalized spacial score (nSPS) is 16.5. The molecule has 1 fully saturated rings. The van der Waals surface area contributed by atoms with Crippen LogP contribution in [0.3, 0.4) is 0 Å². The van der Waals surface area contributed by atoms with Gasteiger partial charge in [-0.3, -0.25) is 4.90 Å². The second-order valence-corrected chi connectivity index (χ2v) is 6.82. The Morgan fingerprint density at radius 3 is 2.78 bits per heavy atom. The highest BCUT2D eigenvalue weighted by Crippen LogP contribution is 2.24. The van der Waals surface area contributed by atoms with Crippen LogP contribution in [0, 0.1) is 6.92 Å². The van der Waals surface area contributed by atoms with E-state index in [1.807, 2.05) is 23.8 Å². The summed E-state index contributed by atoms with van der Waals surface area (Å²) in [5, 5.41) is 5.72. The summed E-state index contributed by atoms with van der Waals surface area (Å²) in [4.78, 5) is 14.8. The van der Waals surface area contributed by atoms with Gasteiger partial charge in [0.05, 0.1) is 18.4 Å². The van der Waals surface area contributed by atoms with Crippen LogP contribution in [0.5, 0.6) is 0 Å². The van der Waals surface area contributed by atoms with Crippen LogP contribution in [0.25, 0.3) is 4.96 Å². The first-order valence-electron chi connectivity index (χ1n) is 8.03. The Labute approximate surface area is 139 Å². The zero-order valence-corrected chi connectivity index (χ0v) is 14.3. The highest BCUT2D eigenvalue weighted by atomic mass is 32.1. The molecule has 0 radical (unpaired) electrons. The Hall–Kier alpha value is -1.93. The summed E-state index contributed by atoms with van der Waals surface area (Å²) in [5.41, 5.74) is 1.02. The number of anilines is 1. The number of aromatic nitrogens is 5. The SMILES string of the molecule is CCn1ccnc1CN1CCN(c2nn3cc(C)nc3s2)CC1. The lowest BCUT2D eigenvalue weighted by molar-refractivity contribution is 0.240. The topological polar surface area (TPSA) is 54.5 Å². The molecule has 0 aliphatic carbocycles. The third kappa shape index (κ3) is 2.84. The summed E-state index contributed by atoms with van der Waals surface area (Å²) >= 11 is 1.67. The smallest absolute Gasteiger partial charge is 0.214 e. The summed E-state index contributed by atoms with van der Waals surface area (Å²) in [6.45, 7) is 10.1. The van der Waals surface area contributed by atoms with Crippen molar-refractivity contribution in [1.82, 2.24) is 29.0 Å². The molecule has 1 aliphatic heterocycles. The molecule has 0 amide bonds. The van der Waals surface area contributed by atoms with E-state index in [0.717, 1.165) is 60.9 Å². The number of aryl methyl sites for hydroxylation is 2. The highest BCUT2D eigenvalue weighted by Gasteiger charge is 2.21. The summed E-state index contributed by atoms with van der Waals surface area (Å²) in [6, 6.07) is 0. The molecule has 3 aromatic rings. The minimum atomic E-state index is 0.926. The second kappa shape index (κ2) is 5.93. The molecule has 1 saturated heterocycles. The lowest BCUT2D eigenvalue weighted by atomic mass is 10.3. The first-order valence-corrected chi connectivity index (χ1v) is 8.84. The van der Waals surface area contributed by atoms with Gasteiger partial charge in [0.2, 0.25) is 10.1 Å². The lowest BCUT2D eigenvalue weighted by Gasteiger charge is -2.34. The van der Waals surface area contributed by atoms with Crippen molar-refractivity contribution in [3.05, 3.63) is 30.1 Å². The molecular formula is C15H21N7S. The molecule has 23 heavy (non-hydrogen) atoms. The Morgan fingerprint density at radius 2 is 2.04 bits per heavy atom. The van der Waals surface area contributed by atoms with Gasteiger partial charge in [-0.25, -0.2) is 14.5 Å². The maximum Gasteiger partial charge on any atom is 0.214 e. The Bertz CT molecular complexity index is 762. The van der Waals surface area contributed by atoms with Crippen molar-refractivity contribution in [2.45, 2.75) is 26.9 Å². The lowest BCUT2D eigenvalue weighted by Crippen LogP contribution is -2.46. The van der Waals surface area contributed by atoms with Gasteiger partial charge in [0.25, 0.3) is 0 Å². The predicted molar refractivity (Wildman–Crippen MR) is 91.0 cm³/mol. The molecular weight excluding hydrogens is 310 g/mol. The molecule has 0 saturated carbocycles. The fourth-order valence-corrected chi connectivity index (χ4v) is 3.98. The van der Waals surface area contributed by atoms with Gasteiger partial charge in [-0.05, 0) is 13.8 Å². The molecule has 8 heteroatoms. The fourth-order valence-electron chi connectivity index (χ4n) is 3.00. The van der Waals surface area contributed by atoms with Crippen molar-refractivity contribution in [2.75, 3.05) is 31.1 Å². The molecule has 3 aromatic heterocycles. The van der Waals surface area contributed by atoms with E-state index in [2.05, 4.69) is 42.6 Å². The average molecular weight is 331 g/mol. The standard InChI is InChI=1S/C15H21N7S/c1-3-20-5-4-16-13(20)11-19-6-8-21(9-7-19)15-18-22-10-12(2)17-14(22)23-15/h4-5,10H,3,6-9,11H2,1-2H3. The number of nitrogens with zero attached hydrogens (tertiary/aromatic N) is 7. The van der Waals surface area contributed by atoms with Gasteiger partial charge in [-0.2, -0.15) is 0 Å². The van der Waals surface area contributed by atoms with Crippen LogP contribution in [0.4, 0.5) is 5.13 Å². The van der Waals surface area contributed by atoms with E-state index in [0.29, 0.717) is 0 Å². The van der Waals surface area contributed by atoms with Crippen LogP contribution in [0.1, 0.15) is 18.4 Å². The molecule has 0 unspecified atom stereocenters. The second-order valence-electron chi connectivity index (χ2n) is 5.89. The molecule has 0 bridgehead atoms. The zero-order chi connectivity index (χ0) is 15.8. The van der Waals surface area contributed by atoms with Gasteiger partial charge in [0.15, 0.2) is 0 Å². The van der Waals surface area contributed by atoms with E-state index in [4.69, 9.17) is 0 Å². The largest absolute Gasteiger partial charge is 0.344 e. The van der Waals surface area contributed by atoms with Crippen LogP contribution in [-0.4, -0.2) is 55.2 Å². The molecule has 1 aliphatic rings. The minimum Gasteiger partial charge on any atom is -0.344 e. The van der Waals surface area contributed by atoms with Crippen LogP contribution >= 0.6 is 11.3 Å². The quantitative estimate of drug-likeness (QED) is 0.727. The summed E-state index contributed by atoms with van der Waals surface area (Å²) < 4.78 is 4.10. The van der Waals surface area contributed by atoms with Gasteiger partial charge in [0.1, 0.15) is 5.82 Å². The van der Waals surface area contributed by atoms with Crippen LogP contribution in [0.15, 0.2) is 18.6 Å². The van der Waals surface area contributed by atoms with Crippen molar-refractivity contribution in [3.63, 3.8) is 0 Å². The van der Waals surface area contributed by atoms with E-state index < -0.39 is 0 Å². The Balaban J connectivity index is 1.39. The number of hydrogen-bond acceptors (Lipinski definition) is 6. The first-order chi connectivity index (χ1) is 11.2. The summed E-state index contributed by atoms with van der Waals surface area (Å²) in [6.07, 6.45) is 5.93. The van der Waals surface area contributed by atoms with Crippen LogP contribution in [0.2, 0.25) is 0 Å². The number of rotatable bonds is 4. The molecule has 4 heterocycles. The third-order valence-electron chi connectivity index (χ3n) is 4.30. The zero-order valence-electron chi connectivity index (χ0n) is 13.5. The van der Waals surface area contributed by atoms with Gasteiger partial charge in [0, 0.05) is 45.1 Å². The van der Waals surface area contributed by atoms with E-state index >= 15 is 0 Å². The minimum absolute atomic E-state index is 0.926. The molecule has 0 aromatic carbocycles. The first kappa shape index (κ1) is 14.6. The van der Waals surface area contributed by atoms with Crippen LogP contribution < -0.4 is 4.90 Å². The summed E-state index contributed by atoms with van der Waals surface area (Å²) in [7, 11) is 0. The van der Waals surface area contributed by atoms with E-state index in [1.165, 1.54) is 0 Å². The average Bonchev–Trinajstić information content (AvgIpc) is 3.22. The van der Waals surface area contributed by atoms with E-state index in [9.17, 15) is 0 Å². The number of fused-ring (bicyclic) bond motifs is 1. The summed E-state index contributed by atoms with van der Waals surface area (Å²) in [5.74, 6) is 1.16. The van der Waals surface area contributed by atoms with E-state index in [1.54, 1.807) is 11.3 Å². The van der Waals surface area contributed by atoms with Crippen molar-refractivity contribution in [2.24, 2.45) is 0 Å². The fraction of sp³-hybridized carbons (Fsp3) is 0.533. The Morgan fingerprint density at radius 1 is 1.22 bits per heavy atom. The number of piperazine rings is 1. The molecule has 0 atom stereocenters. The molecule has 4 rings (SSSR count).